The molecule has 0 spiro atoms. The van der Waals surface area contributed by atoms with Crippen LogP contribution in [-0.2, 0) is 0 Å². The van der Waals surface area contributed by atoms with Gasteiger partial charge in [-0.05, 0) is 42.5 Å². The lowest BCUT2D eigenvalue weighted by molar-refractivity contribution is 0.0692. The van der Waals surface area contributed by atoms with E-state index in [-0.39, 0.29) is 17.7 Å². The van der Waals surface area contributed by atoms with Gasteiger partial charge in [-0.2, -0.15) is 0 Å². The molecule has 0 fully saturated rings. The summed E-state index contributed by atoms with van der Waals surface area (Å²) in [6.07, 6.45) is 0. The molecule has 0 aliphatic carbocycles. The monoisotopic (exact) mass is 354 g/mol. The molecule has 0 bridgehead atoms. The van der Waals surface area contributed by atoms with Crippen LogP contribution in [-0.4, -0.2) is 34.9 Å². The first-order valence-electron chi connectivity index (χ1n) is 7.91. The second-order valence-electron chi connectivity index (χ2n) is 6.07. The van der Waals surface area contributed by atoms with Crippen molar-refractivity contribution < 1.29 is 14.4 Å². The highest BCUT2D eigenvalue weighted by Crippen LogP contribution is 2.26. The van der Waals surface area contributed by atoms with Crippen LogP contribution >= 0.6 is 11.8 Å². The van der Waals surface area contributed by atoms with Crippen molar-refractivity contribution in [3.63, 3.8) is 0 Å². The summed E-state index contributed by atoms with van der Waals surface area (Å²) in [5.41, 5.74) is 1.70. The number of carbonyl (C=O) groups is 3. The summed E-state index contributed by atoms with van der Waals surface area (Å²) in [5, 5.41) is 3.25. The summed E-state index contributed by atoms with van der Waals surface area (Å²) in [5.74, 6) is -0.937. The predicted molar refractivity (Wildman–Crippen MR) is 98.3 cm³/mol. The Morgan fingerprint density at radius 2 is 1.64 bits per heavy atom. The third-order valence-corrected chi connectivity index (χ3v) is 4.85. The second kappa shape index (κ2) is 6.72. The van der Waals surface area contributed by atoms with E-state index in [1.807, 2.05) is 12.1 Å². The maximum Gasteiger partial charge on any atom is 0.261 e. The van der Waals surface area contributed by atoms with E-state index < -0.39 is 0 Å². The maximum absolute atomic E-state index is 12.4. The molecule has 1 N–H and O–H groups in total. The highest BCUT2D eigenvalue weighted by molar-refractivity contribution is 7.99. The zero-order chi connectivity index (χ0) is 18.1. The molecule has 3 amide bonds. The molecule has 0 unspecified atom stereocenters. The summed E-state index contributed by atoms with van der Waals surface area (Å²) in [6, 6.07) is 12.1. The average Bonchev–Trinajstić information content (AvgIpc) is 2.79. The zero-order valence-electron chi connectivity index (χ0n) is 14.2. The molecule has 3 rings (SSSR count). The first kappa shape index (κ1) is 17.2. The Hall–Kier alpha value is -2.60. The summed E-state index contributed by atoms with van der Waals surface area (Å²) in [6.45, 7) is 4.23. The van der Waals surface area contributed by atoms with Crippen LogP contribution in [0.2, 0.25) is 0 Å². The van der Waals surface area contributed by atoms with Crippen molar-refractivity contribution in [3.8, 4) is 0 Å². The number of benzene rings is 2. The second-order valence-corrected chi connectivity index (χ2v) is 7.72. The van der Waals surface area contributed by atoms with Crippen molar-refractivity contribution >= 4 is 35.2 Å². The lowest BCUT2D eigenvalue weighted by Crippen LogP contribution is -2.24. The van der Waals surface area contributed by atoms with Gasteiger partial charge in [-0.15, -0.1) is 11.8 Å². The Bertz CT molecular complexity index is 859. The van der Waals surface area contributed by atoms with Gasteiger partial charge >= 0.3 is 0 Å². The number of imide groups is 1. The number of nitrogens with one attached hydrogen (secondary N) is 1. The topological polar surface area (TPSA) is 66.5 Å². The van der Waals surface area contributed by atoms with Crippen LogP contribution in [0.3, 0.4) is 0 Å². The van der Waals surface area contributed by atoms with Crippen molar-refractivity contribution in [2.24, 2.45) is 0 Å². The fourth-order valence-corrected chi connectivity index (χ4v) is 3.44. The third kappa shape index (κ3) is 3.44. The molecule has 0 saturated heterocycles. The van der Waals surface area contributed by atoms with Crippen molar-refractivity contribution in [1.29, 1.82) is 0 Å². The van der Waals surface area contributed by atoms with Gasteiger partial charge in [-0.25, -0.2) is 0 Å². The molecule has 0 aromatic heterocycles. The lowest BCUT2D eigenvalue weighted by atomic mass is 10.1. The van der Waals surface area contributed by atoms with E-state index in [9.17, 15) is 14.4 Å². The summed E-state index contributed by atoms with van der Waals surface area (Å²) in [4.78, 5) is 38.5. The van der Waals surface area contributed by atoms with Gasteiger partial charge in [0.1, 0.15) is 0 Å². The minimum atomic E-state index is -0.355. The normalized spacial score (nSPS) is 13.4. The van der Waals surface area contributed by atoms with Gasteiger partial charge in [0, 0.05) is 28.4 Å². The highest BCUT2D eigenvalue weighted by atomic mass is 32.2. The number of anilines is 1. The SMILES string of the molecule is CC(C)Sc1ccc(C(=O)Nc2ccc3c(c2)C(=O)N(C)C3=O)cc1. The Balaban J connectivity index is 1.76. The molecule has 1 heterocycles. The van der Waals surface area contributed by atoms with E-state index in [4.69, 9.17) is 0 Å². The molecule has 1 aliphatic heterocycles. The van der Waals surface area contributed by atoms with Crippen molar-refractivity contribution in [3.05, 3.63) is 59.2 Å². The number of hydrogen-bond acceptors (Lipinski definition) is 4. The van der Waals surface area contributed by atoms with Gasteiger partial charge in [0.15, 0.2) is 0 Å². The smallest absolute Gasteiger partial charge is 0.261 e. The van der Waals surface area contributed by atoms with E-state index in [1.165, 1.54) is 7.05 Å². The summed E-state index contributed by atoms with van der Waals surface area (Å²) < 4.78 is 0. The molecular weight excluding hydrogens is 336 g/mol. The van der Waals surface area contributed by atoms with Crippen LogP contribution in [0.1, 0.15) is 44.9 Å². The molecule has 0 radical (unpaired) electrons. The molecule has 0 saturated carbocycles. The molecule has 2 aromatic carbocycles. The number of amides is 3. The van der Waals surface area contributed by atoms with Crippen molar-refractivity contribution in [1.82, 2.24) is 4.90 Å². The number of carbonyl (C=O) groups excluding carboxylic acids is 3. The average molecular weight is 354 g/mol. The standard InChI is InChI=1S/C19H18N2O3S/c1-11(2)25-14-7-4-12(5-8-14)17(22)20-13-6-9-15-16(10-13)19(24)21(3)18(15)23/h4-11H,1-3H3,(H,20,22). The zero-order valence-corrected chi connectivity index (χ0v) is 15.0. The van der Waals surface area contributed by atoms with Gasteiger partial charge < -0.3 is 5.32 Å². The fraction of sp³-hybridized carbons (Fsp3) is 0.211. The Kier molecular flexibility index (Phi) is 4.63. The van der Waals surface area contributed by atoms with Gasteiger partial charge in [-0.3, -0.25) is 19.3 Å². The summed E-state index contributed by atoms with van der Waals surface area (Å²) in [7, 11) is 1.44. The van der Waals surface area contributed by atoms with Gasteiger partial charge in [0.2, 0.25) is 0 Å². The maximum atomic E-state index is 12.4. The molecular formula is C19H18N2O3S. The number of rotatable bonds is 4. The van der Waals surface area contributed by atoms with Crippen molar-refractivity contribution in [2.75, 3.05) is 12.4 Å². The quantitative estimate of drug-likeness (QED) is 0.672. The van der Waals surface area contributed by atoms with E-state index in [0.717, 1.165) is 9.80 Å². The van der Waals surface area contributed by atoms with Crippen LogP contribution in [0.15, 0.2) is 47.4 Å². The number of fused-ring (bicyclic) bond motifs is 1. The number of nitrogens with zero attached hydrogens (tertiary/aromatic N) is 1. The molecule has 6 heteroatoms. The minimum Gasteiger partial charge on any atom is -0.322 e. The van der Waals surface area contributed by atoms with E-state index in [0.29, 0.717) is 27.6 Å². The first-order valence-corrected chi connectivity index (χ1v) is 8.79. The summed E-state index contributed by atoms with van der Waals surface area (Å²) >= 11 is 1.73. The van der Waals surface area contributed by atoms with Crippen LogP contribution in [0.25, 0.3) is 0 Å². The minimum absolute atomic E-state index is 0.258. The van der Waals surface area contributed by atoms with E-state index in [1.54, 1.807) is 42.1 Å². The molecule has 25 heavy (non-hydrogen) atoms. The predicted octanol–water partition coefficient (Wildman–Crippen LogP) is 3.67. The molecule has 1 aliphatic rings. The van der Waals surface area contributed by atoms with E-state index >= 15 is 0 Å². The van der Waals surface area contributed by atoms with Gasteiger partial charge in [-0.1, -0.05) is 13.8 Å². The Morgan fingerprint density at radius 1 is 1.00 bits per heavy atom. The van der Waals surface area contributed by atoms with E-state index in [2.05, 4.69) is 19.2 Å². The first-order chi connectivity index (χ1) is 11.9. The van der Waals surface area contributed by atoms with Crippen LogP contribution in [0.5, 0.6) is 0 Å². The largest absolute Gasteiger partial charge is 0.322 e. The molecule has 5 nitrogen and oxygen atoms in total. The molecule has 2 aromatic rings. The number of hydrogen-bond donors (Lipinski definition) is 1. The fourth-order valence-electron chi connectivity index (χ4n) is 2.60. The third-order valence-electron chi connectivity index (χ3n) is 3.84. The Labute approximate surface area is 150 Å². The number of thioether (sulfide) groups is 1. The van der Waals surface area contributed by atoms with Crippen LogP contribution in [0, 0.1) is 0 Å². The molecule has 128 valence electrons. The van der Waals surface area contributed by atoms with Gasteiger partial charge in [0.05, 0.1) is 11.1 Å². The van der Waals surface area contributed by atoms with Gasteiger partial charge in [0.25, 0.3) is 17.7 Å². The molecule has 0 atom stereocenters. The van der Waals surface area contributed by atoms with Crippen molar-refractivity contribution in [2.45, 2.75) is 24.0 Å². The highest BCUT2D eigenvalue weighted by Gasteiger charge is 2.32. The lowest BCUT2D eigenvalue weighted by Gasteiger charge is -2.08. The van der Waals surface area contributed by atoms with Crippen LogP contribution < -0.4 is 5.32 Å². The van der Waals surface area contributed by atoms with Crippen LogP contribution in [0.4, 0.5) is 5.69 Å². The Morgan fingerprint density at radius 3 is 2.28 bits per heavy atom.